The number of allylic oxidation sites excluding steroid dienone is 1. The highest BCUT2D eigenvalue weighted by Gasteiger charge is 2.47. The Morgan fingerprint density at radius 3 is 2.74 bits per heavy atom. The van der Waals surface area contributed by atoms with Crippen molar-refractivity contribution in [2.24, 2.45) is 23.5 Å². The number of nitrogens with one attached hydrogen (secondary N) is 3. The number of amides is 2. The number of hydrogen-bond acceptors (Lipinski definition) is 7. The Balaban J connectivity index is 1.31. The van der Waals surface area contributed by atoms with Crippen LogP contribution in [0.4, 0.5) is 17.5 Å². The highest BCUT2D eigenvalue weighted by molar-refractivity contribution is 5.95. The second kappa shape index (κ2) is 8.37. The van der Waals surface area contributed by atoms with Gasteiger partial charge in [0.05, 0.1) is 11.3 Å². The lowest BCUT2D eigenvalue weighted by atomic mass is 9.88. The van der Waals surface area contributed by atoms with E-state index in [9.17, 15) is 9.59 Å². The van der Waals surface area contributed by atoms with Crippen LogP contribution in [0.2, 0.25) is 0 Å². The third-order valence-corrected chi connectivity index (χ3v) is 7.44. The average Bonchev–Trinajstić information content (AvgIpc) is 3.64. The molecular formula is C25H28N8O2. The van der Waals surface area contributed by atoms with Gasteiger partial charge in [-0.3, -0.25) is 14.7 Å². The maximum atomic E-state index is 12.8. The number of nitrogens with two attached hydrogens (primary N) is 1. The third-order valence-electron chi connectivity index (χ3n) is 7.44. The zero-order valence-corrected chi connectivity index (χ0v) is 19.5. The van der Waals surface area contributed by atoms with Crippen LogP contribution in [0.5, 0.6) is 0 Å². The van der Waals surface area contributed by atoms with E-state index in [0.29, 0.717) is 28.7 Å². The Morgan fingerprint density at radius 2 is 1.94 bits per heavy atom. The van der Waals surface area contributed by atoms with Crippen molar-refractivity contribution in [2.75, 3.05) is 23.7 Å². The fraction of sp³-hybridized carbons (Fsp3) is 0.400. The van der Waals surface area contributed by atoms with Gasteiger partial charge in [0, 0.05) is 36.1 Å². The van der Waals surface area contributed by atoms with Gasteiger partial charge in [-0.25, -0.2) is 0 Å². The van der Waals surface area contributed by atoms with Crippen LogP contribution in [0, 0.1) is 24.7 Å². The standard InChI is InChI=1S/C25H28N8O2/c1-13-18-22(28-20-15-8-7-14(11-15)19(20)21(26)34)29-25(30-23(18)32-31-13)27-17-6-4-5-16(12-17)24(35)33-9-2-3-10-33/h4-8,12,14-15,19-20H,2-3,9-11H2,1H3,(H2,26,34)(H3,27,28,29,30,31,32)/t14-,15+,19+,20-/m1/s1. The van der Waals surface area contributed by atoms with Gasteiger partial charge in [0.2, 0.25) is 11.9 Å². The lowest BCUT2D eigenvalue weighted by Crippen LogP contribution is -2.41. The van der Waals surface area contributed by atoms with E-state index in [1.165, 1.54) is 0 Å². The summed E-state index contributed by atoms with van der Waals surface area (Å²) in [5, 5.41) is 14.8. The molecule has 1 aromatic carbocycles. The summed E-state index contributed by atoms with van der Waals surface area (Å²) in [6, 6.07) is 7.24. The lowest BCUT2D eigenvalue weighted by molar-refractivity contribution is -0.122. The number of hydrogen-bond donors (Lipinski definition) is 4. The average molecular weight is 473 g/mol. The zero-order valence-electron chi connectivity index (χ0n) is 19.5. The summed E-state index contributed by atoms with van der Waals surface area (Å²) in [4.78, 5) is 36.3. The molecule has 3 aromatic rings. The SMILES string of the molecule is Cc1[nH]nc2nc(Nc3cccc(C(=O)N4CCCC4)c3)nc(N[C@H]3[C@@H](C(N)=O)[C@@H]4C=C[C@H]3C4)c12. The molecule has 4 atom stereocenters. The van der Waals surface area contributed by atoms with Crippen LogP contribution in [0.3, 0.4) is 0 Å². The van der Waals surface area contributed by atoms with Crippen molar-refractivity contribution in [3.05, 3.63) is 47.7 Å². The van der Waals surface area contributed by atoms with E-state index in [2.05, 4.69) is 38.0 Å². The van der Waals surface area contributed by atoms with Crippen LogP contribution in [-0.4, -0.2) is 56.0 Å². The molecule has 3 heterocycles. The molecule has 2 amide bonds. The highest BCUT2D eigenvalue weighted by Crippen LogP contribution is 2.45. The fourth-order valence-electron chi connectivity index (χ4n) is 5.75. The number of H-pyrrole nitrogens is 1. The van der Waals surface area contributed by atoms with Crippen LogP contribution in [-0.2, 0) is 4.79 Å². The number of aromatic amines is 1. The number of aryl methyl sites for hydroxylation is 1. The lowest BCUT2D eigenvalue weighted by Gasteiger charge is -2.27. The van der Waals surface area contributed by atoms with Crippen LogP contribution in [0.1, 0.15) is 35.3 Å². The maximum Gasteiger partial charge on any atom is 0.253 e. The number of carbonyl (C=O) groups excluding carboxylic acids is 2. The molecule has 2 aromatic heterocycles. The summed E-state index contributed by atoms with van der Waals surface area (Å²) in [5.74, 6) is 0.787. The van der Waals surface area contributed by atoms with Crippen molar-refractivity contribution in [3.63, 3.8) is 0 Å². The molecular weight excluding hydrogens is 444 g/mol. The smallest absolute Gasteiger partial charge is 0.253 e. The van der Waals surface area contributed by atoms with Gasteiger partial charge in [-0.1, -0.05) is 18.2 Å². The van der Waals surface area contributed by atoms with Gasteiger partial charge in [0.25, 0.3) is 5.91 Å². The normalized spacial score (nSPS) is 24.9. The number of nitrogens with zero attached hydrogens (tertiary/aromatic N) is 4. The number of rotatable bonds is 6. The predicted octanol–water partition coefficient (Wildman–Crippen LogP) is 2.73. The number of anilines is 3. The van der Waals surface area contributed by atoms with Gasteiger partial charge in [-0.15, -0.1) is 0 Å². The van der Waals surface area contributed by atoms with Gasteiger partial charge >= 0.3 is 0 Å². The summed E-state index contributed by atoms with van der Waals surface area (Å²) in [6.45, 7) is 3.51. The number of aromatic nitrogens is 4. The van der Waals surface area contributed by atoms with Crippen molar-refractivity contribution in [1.29, 1.82) is 0 Å². The number of benzene rings is 1. The van der Waals surface area contributed by atoms with Crippen LogP contribution >= 0.6 is 0 Å². The van der Waals surface area contributed by atoms with Gasteiger partial charge in [-0.2, -0.15) is 15.1 Å². The minimum absolute atomic E-state index is 0.0367. The third kappa shape index (κ3) is 3.78. The monoisotopic (exact) mass is 472 g/mol. The van der Waals surface area contributed by atoms with Crippen molar-refractivity contribution in [1.82, 2.24) is 25.1 Å². The molecule has 0 radical (unpaired) electrons. The summed E-state index contributed by atoms with van der Waals surface area (Å²) in [5.41, 5.74) is 8.45. The predicted molar refractivity (Wildman–Crippen MR) is 132 cm³/mol. The van der Waals surface area contributed by atoms with Gasteiger partial charge in [0.1, 0.15) is 5.82 Å². The molecule has 1 aliphatic heterocycles. The minimum Gasteiger partial charge on any atom is -0.369 e. The second-order valence-electron chi connectivity index (χ2n) is 9.69. The first-order valence-electron chi connectivity index (χ1n) is 12.1. The van der Waals surface area contributed by atoms with E-state index in [4.69, 9.17) is 10.7 Å². The summed E-state index contributed by atoms with van der Waals surface area (Å²) >= 11 is 0. The molecule has 2 aliphatic carbocycles. The van der Waals surface area contributed by atoms with E-state index in [1.807, 2.05) is 36.1 Å². The van der Waals surface area contributed by atoms with E-state index in [1.54, 1.807) is 0 Å². The van der Waals surface area contributed by atoms with Gasteiger partial charge in [-0.05, 0) is 56.2 Å². The molecule has 10 nitrogen and oxygen atoms in total. The first-order chi connectivity index (χ1) is 17.0. The number of fused-ring (bicyclic) bond motifs is 3. The van der Waals surface area contributed by atoms with Gasteiger partial charge < -0.3 is 21.3 Å². The molecule has 0 unspecified atom stereocenters. The van der Waals surface area contributed by atoms with E-state index < -0.39 is 0 Å². The van der Waals surface area contributed by atoms with Crippen molar-refractivity contribution < 1.29 is 9.59 Å². The van der Waals surface area contributed by atoms with Crippen LogP contribution in [0.15, 0.2) is 36.4 Å². The topological polar surface area (TPSA) is 142 Å². The first-order valence-corrected chi connectivity index (χ1v) is 12.1. The Kier molecular flexibility index (Phi) is 5.16. The Morgan fingerprint density at radius 1 is 1.14 bits per heavy atom. The minimum atomic E-state index is -0.300. The largest absolute Gasteiger partial charge is 0.369 e. The quantitative estimate of drug-likeness (QED) is 0.404. The van der Waals surface area contributed by atoms with E-state index in [0.717, 1.165) is 43.4 Å². The Labute approximate surface area is 202 Å². The van der Waals surface area contributed by atoms with Crippen LogP contribution in [0.25, 0.3) is 11.0 Å². The Hall–Kier alpha value is -3.95. The molecule has 2 fully saturated rings. The summed E-state index contributed by atoms with van der Waals surface area (Å²) in [6.07, 6.45) is 7.26. The van der Waals surface area contributed by atoms with Crippen LogP contribution < -0.4 is 16.4 Å². The number of primary amides is 1. The summed E-state index contributed by atoms with van der Waals surface area (Å²) in [7, 11) is 0. The molecule has 6 rings (SSSR count). The molecule has 1 saturated heterocycles. The number of carbonyl (C=O) groups is 2. The summed E-state index contributed by atoms with van der Waals surface area (Å²) < 4.78 is 0. The highest BCUT2D eigenvalue weighted by atomic mass is 16.2. The molecule has 180 valence electrons. The van der Waals surface area contributed by atoms with Crippen molar-refractivity contribution >= 4 is 40.3 Å². The maximum absolute atomic E-state index is 12.8. The molecule has 35 heavy (non-hydrogen) atoms. The van der Waals surface area contributed by atoms with E-state index in [-0.39, 0.29) is 35.6 Å². The zero-order chi connectivity index (χ0) is 24.1. The molecule has 1 saturated carbocycles. The van der Waals surface area contributed by atoms with Crippen molar-refractivity contribution in [2.45, 2.75) is 32.2 Å². The second-order valence-corrected chi connectivity index (χ2v) is 9.69. The Bertz CT molecular complexity index is 1340. The fourth-order valence-corrected chi connectivity index (χ4v) is 5.75. The molecule has 5 N–H and O–H groups in total. The molecule has 0 spiro atoms. The van der Waals surface area contributed by atoms with Gasteiger partial charge in [0.15, 0.2) is 5.65 Å². The van der Waals surface area contributed by atoms with E-state index >= 15 is 0 Å². The number of likely N-dealkylation sites (tertiary alicyclic amines) is 1. The molecule has 3 aliphatic rings. The molecule has 10 heteroatoms. The first kappa shape index (κ1) is 21.6. The molecule has 2 bridgehead atoms. The van der Waals surface area contributed by atoms with Crippen molar-refractivity contribution in [3.8, 4) is 0 Å².